The van der Waals surface area contributed by atoms with E-state index in [0.29, 0.717) is 5.41 Å². The van der Waals surface area contributed by atoms with E-state index in [1.165, 1.54) is 30.6 Å². The van der Waals surface area contributed by atoms with Gasteiger partial charge in [-0.1, -0.05) is 48.0 Å². The van der Waals surface area contributed by atoms with Gasteiger partial charge in [0.1, 0.15) is 0 Å². The molecule has 0 saturated heterocycles. The smallest absolute Gasteiger partial charge is 0.0398 e. The third kappa shape index (κ3) is 2.60. The van der Waals surface area contributed by atoms with Gasteiger partial charge in [0.25, 0.3) is 0 Å². The van der Waals surface area contributed by atoms with Crippen LogP contribution in [0.15, 0.2) is 24.3 Å². The van der Waals surface area contributed by atoms with Gasteiger partial charge >= 0.3 is 0 Å². The Bertz CT molecular complexity index is 360. The third-order valence-electron chi connectivity index (χ3n) is 3.19. The maximum atomic E-state index is 3.61. The van der Waals surface area contributed by atoms with E-state index in [1.807, 2.05) is 0 Å². The zero-order valence-corrected chi connectivity index (χ0v) is 11.8. The highest BCUT2D eigenvalue weighted by atomic mass is 79.9. The van der Waals surface area contributed by atoms with Crippen LogP contribution in [0.1, 0.15) is 25.8 Å². The Hall–Kier alpha value is -0.500. The summed E-state index contributed by atoms with van der Waals surface area (Å²) in [5.74, 6) is 0. The molecule has 0 unspecified atom stereocenters. The molecule has 0 saturated carbocycles. The van der Waals surface area contributed by atoms with Crippen LogP contribution >= 0.6 is 15.9 Å². The fraction of sp³-hybridized carbons (Fsp3) is 0.571. The molecule has 0 bridgehead atoms. The number of fused-ring (bicyclic) bond motifs is 1. The summed E-state index contributed by atoms with van der Waals surface area (Å²) >= 11 is 3.61. The highest BCUT2D eigenvalue weighted by molar-refractivity contribution is 9.09. The molecular formula is C14H20BrN. The van der Waals surface area contributed by atoms with Crippen molar-refractivity contribution in [1.82, 2.24) is 0 Å². The lowest BCUT2D eigenvalue weighted by atomic mass is 9.93. The van der Waals surface area contributed by atoms with E-state index in [2.05, 4.69) is 58.9 Å². The van der Waals surface area contributed by atoms with Crippen molar-refractivity contribution in [3.05, 3.63) is 29.8 Å². The molecule has 1 heterocycles. The first kappa shape index (κ1) is 12.0. The maximum absolute atomic E-state index is 3.61. The fourth-order valence-electron chi connectivity index (χ4n) is 2.33. The Balaban J connectivity index is 2.19. The minimum atomic E-state index is 0.338. The number of anilines is 1. The van der Waals surface area contributed by atoms with Gasteiger partial charge in [0.05, 0.1) is 0 Å². The standard InChI is InChI=1S/C14H20BrN/c1-14(2,10-15)11-16-9-5-7-12-6-3-4-8-13(12)16/h3-4,6,8H,5,7,9-11H2,1-2H3. The first-order chi connectivity index (χ1) is 7.62. The minimum absolute atomic E-state index is 0.338. The third-order valence-corrected chi connectivity index (χ3v) is 4.71. The number of benzene rings is 1. The summed E-state index contributed by atoms with van der Waals surface area (Å²) in [4.78, 5) is 2.54. The number of alkyl halides is 1. The van der Waals surface area contributed by atoms with Crippen LogP contribution in [0.5, 0.6) is 0 Å². The number of hydrogen-bond donors (Lipinski definition) is 0. The van der Waals surface area contributed by atoms with E-state index in [0.717, 1.165) is 11.9 Å². The molecule has 0 radical (unpaired) electrons. The molecule has 2 heteroatoms. The monoisotopic (exact) mass is 281 g/mol. The van der Waals surface area contributed by atoms with Crippen molar-refractivity contribution < 1.29 is 0 Å². The van der Waals surface area contributed by atoms with E-state index < -0.39 is 0 Å². The summed E-state index contributed by atoms with van der Waals surface area (Å²) in [6, 6.07) is 8.83. The molecule has 0 N–H and O–H groups in total. The topological polar surface area (TPSA) is 3.24 Å². The Labute approximate surface area is 107 Å². The molecular weight excluding hydrogens is 262 g/mol. The van der Waals surface area contributed by atoms with Crippen LogP contribution < -0.4 is 4.90 Å². The van der Waals surface area contributed by atoms with Crippen molar-refractivity contribution in [1.29, 1.82) is 0 Å². The molecule has 0 fully saturated rings. The highest BCUT2D eigenvalue weighted by Gasteiger charge is 2.23. The maximum Gasteiger partial charge on any atom is 0.0398 e. The highest BCUT2D eigenvalue weighted by Crippen LogP contribution is 2.30. The summed E-state index contributed by atoms with van der Waals surface area (Å²) in [6.45, 7) is 6.97. The summed E-state index contributed by atoms with van der Waals surface area (Å²) in [5, 5.41) is 1.05. The van der Waals surface area contributed by atoms with Crippen molar-refractivity contribution in [2.24, 2.45) is 5.41 Å². The summed E-state index contributed by atoms with van der Waals surface area (Å²) in [6.07, 6.45) is 2.52. The summed E-state index contributed by atoms with van der Waals surface area (Å²) in [5.41, 5.74) is 3.30. The van der Waals surface area contributed by atoms with Crippen molar-refractivity contribution >= 4 is 21.6 Å². The Kier molecular flexibility index (Phi) is 3.58. The van der Waals surface area contributed by atoms with Crippen LogP contribution in [-0.4, -0.2) is 18.4 Å². The lowest BCUT2D eigenvalue weighted by Gasteiger charge is -2.37. The van der Waals surface area contributed by atoms with Gasteiger partial charge in [-0.05, 0) is 29.9 Å². The van der Waals surface area contributed by atoms with Gasteiger partial charge in [-0.25, -0.2) is 0 Å². The van der Waals surface area contributed by atoms with Crippen molar-refractivity contribution in [3.8, 4) is 0 Å². The van der Waals surface area contributed by atoms with Crippen molar-refractivity contribution in [2.45, 2.75) is 26.7 Å². The molecule has 0 aromatic heterocycles. The lowest BCUT2D eigenvalue weighted by molar-refractivity contribution is 0.417. The number of rotatable bonds is 3. The van der Waals surface area contributed by atoms with Crippen LogP contribution in [-0.2, 0) is 6.42 Å². The number of aryl methyl sites for hydroxylation is 1. The molecule has 1 aromatic carbocycles. The summed E-state index contributed by atoms with van der Waals surface area (Å²) < 4.78 is 0. The average molecular weight is 282 g/mol. The predicted molar refractivity (Wildman–Crippen MR) is 74.6 cm³/mol. The van der Waals surface area contributed by atoms with Gasteiger partial charge in [0, 0.05) is 24.1 Å². The second-order valence-electron chi connectivity index (χ2n) is 5.45. The normalized spacial score (nSPS) is 16.1. The molecule has 1 aliphatic heterocycles. The van der Waals surface area contributed by atoms with E-state index in [-0.39, 0.29) is 0 Å². The molecule has 2 rings (SSSR count). The molecule has 1 aliphatic rings. The van der Waals surface area contributed by atoms with E-state index in [4.69, 9.17) is 0 Å². The Morgan fingerprint density at radius 3 is 2.81 bits per heavy atom. The molecule has 16 heavy (non-hydrogen) atoms. The van der Waals surface area contributed by atoms with Gasteiger partial charge in [-0.3, -0.25) is 0 Å². The zero-order chi connectivity index (χ0) is 11.6. The van der Waals surface area contributed by atoms with Gasteiger partial charge in [-0.2, -0.15) is 0 Å². The number of nitrogens with zero attached hydrogens (tertiary/aromatic N) is 1. The molecule has 88 valence electrons. The zero-order valence-electron chi connectivity index (χ0n) is 10.2. The number of para-hydroxylation sites is 1. The number of hydrogen-bond acceptors (Lipinski definition) is 1. The average Bonchev–Trinajstić information content (AvgIpc) is 2.29. The van der Waals surface area contributed by atoms with Crippen LogP contribution in [0.4, 0.5) is 5.69 Å². The Morgan fingerprint density at radius 1 is 1.31 bits per heavy atom. The van der Waals surface area contributed by atoms with E-state index in [1.54, 1.807) is 0 Å². The first-order valence-electron chi connectivity index (χ1n) is 6.01. The summed E-state index contributed by atoms with van der Waals surface area (Å²) in [7, 11) is 0. The van der Waals surface area contributed by atoms with Crippen molar-refractivity contribution in [3.63, 3.8) is 0 Å². The van der Waals surface area contributed by atoms with E-state index >= 15 is 0 Å². The fourth-order valence-corrected chi connectivity index (χ4v) is 2.51. The molecule has 0 aliphatic carbocycles. The van der Waals surface area contributed by atoms with Crippen LogP contribution in [0.3, 0.4) is 0 Å². The molecule has 0 spiro atoms. The van der Waals surface area contributed by atoms with Crippen LogP contribution in [0.2, 0.25) is 0 Å². The second-order valence-corrected chi connectivity index (χ2v) is 6.01. The quantitative estimate of drug-likeness (QED) is 0.761. The van der Waals surface area contributed by atoms with Crippen LogP contribution in [0.25, 0.3) is 0 Å². The van der Waals surface area contributed by atoms with Crippen molar-refractivity contribution in [2.75, 3.05) is 23.3 Å². The van der Waals surface area contributed by atoms with Gasteiger partial charge in [0.15, 0.2) is 0 Å². The second kappa shape index (κ2) is 4.79. The number of halogens is 1. The lowest BCUT2D eigenvalue weighted by Crippen LogP contribution is -2.38. The van der Waals surface area contributed by atoms with Crippen LogP contribution in [0, 0.1) is 5.41 Å². The molecule has 0 atom stereocenters. The molecule has 0 amide bonds. The Morgan fingerprint density at radius 2 is 2.06 bits per heavy atom. The minimum Gasteiger partial charge on any atom is -0.371 e. The SMILES string of the molecule is CC(C)(CBr)CN1CCCc2ccccc21. The van der Waals surface area contributed by atoms with E-state index in [9.17, 15) is 0 Å². The first-order valence-corrected chi connectivity index (χ1v) is 7.13. The molecule has 1 nitrogen and oxygen atoms in total. The van der Waals surface area contributed by atoms with Gasteiger partial charge in [-0.15, -0.1) is 0 Å². The largest absolute Gasteiger partial charge is 0.371 e. The van der Waals surface area contributed by atoms with Gasteiger partial charge < -0.3 is 4.90 Å². The predicted octanol–water partition coefficient (Wildman–Crippen LogP) is 3.86. The molecule has 1 aromatic rings. The van der Waals surface area contributed by atoms with Gasteiger partial charge in [0.2, 0.25) is 0 Å².